The predicted octanol–water partition coefficient (Wildman–Crippen LogP) is 0.612. The van der Waals surface area contributed by atoms with Crippen molar-refractivity contribution in [1.29, 1.82) is 0 Å². The van der Waals surface area contributed by atoms with E-state index in [0.717, 1.165) is 4.90 Å². The third-order valence-electron chi connectivity index (χ3n) is 3.31. The standard InChI is InChI=1S/C14H16N2O7/c1-21-9-4-7(5-10(22-2)12(9)23-3)16-13(19)8(6-11(17)18)15-14(16)20/h4-5,8H,6H2,1-3H3,(H,15,20)(H,17,18)/t8-/m0/s1. The van der Waals surface area contributed by atoms with Crippen molar-refractivity contribution in [2.45, 2.75) is 12.5 Å². The van der Waals surface area contributed by atoms with Crippen LogP contribution in [0.15, 0.2) is 12.1 Å². The molecule has 1 fully saturated rings. The van der Waals surface area contributed by atoms with Gasteiger partial charge >= 0.3 is 12.0 Å². The smallest absolute Gasteiger partial charge is 0.329 e. The Hall–Kier alpha value is -2.97. The number of imide groups is 1. The van der Waals surface area contributed by atoms with E-state index in [1.807, 2.05) is 0 Å². The van der Waals surface area contributed by atoms with E-state index < -0.39 is 30.4 Å². The van der Waals surface area contributed by atoms with Gasteiger partial charge in [-0.1, -0.05) is 0 Å². The SMILES string of the molecule is COc1cc(N2C(=O)N[C@@H](CC(=O)O)C2=O)cc(OC)c1OC. The lowest BCUT2D eigenvalue weighted by Crippen LogP contribution is -2.32. The van der Waals surface area contributed by atoms with Gasteiger partial charge in [-0.3, -0.25) is 9.59 Å². The van der Waals surface area contributed by atoms with Crippen LogP contribution in [0.3, 0.4) is 0 Å². The van der Waals surface area contributed by atoms with Gasteiger partial charge in [-0.05, 0) is 0 Å². The Kier molecular flexibility index (Phi) is 4.58. The number of nitrogens with zero attached hydrogens (tertiary/aromatic N) is 1. The van der Waals surface area contributed by atoms with Gasteiger partial charge in [0.05, 0.1) is 33.4 Å². The van der Waals surface area contributed by atoms with Crippen LogP contribution in [-0.4, -0.2) is 50.4 Å². The highest BCUT2D eigenvalue weighted by Crippen LogP contribution is 2.41. The summed E-state index contributed by atoms with van der Waals surface area (Å²) >= 11 is 0. The number of nitrogens with one attached hydrogen (secondary N) is 1. The molecule has 124 valence electrons. The quantitative estimate of drug-likeness (QED) is 0.737. The average Bonchev–Trinajstić information content (AvgIpc) is 2.79. The summed E-state index contributed by atoms with van der Waals surface area (Å²) in [6.45, 7) is 0. The van der Waals surface area contributed by atoms with Crippen LogP contribution in [0.1, 0.15) is 6.42 Å². The average molecular weight is 324 g/mol. The minimum absolute atomic E-state index is 0.190. The third kappa shape index (κ3) is 2.98. The van der Waals surface area contributed by atoms with Gasteiger partial charge in [-0.2, -0.15) is 0 Å². The minimum Gasteiger partial charge on any atom is -0.493 e. The van der Waals surface area contributed by atoms with Gasteiger partial charge in [-0.15, -0.1) is 0 Å². The first-order chi connectivity index (χ1) is 10.9. The molecule has 1 aliphatic rings. The van der Waals surface area contributed by atoms with E-state index in [0.29, 0.717) is 5.75 Å². The van der Waals surface area contributed by atoms with Crippen molar-refractivity contribution in [1.82, 2.24) is 5.32 Å². The van der Waals surface area contributed by atoms with Crippen LogP contribution in [-0.2, 0) is 9.59 Å². The van der Waals surface area contributed by atoms with E-state index in [1.165, 1.54) is 33.5 Å². The number of amides is 3. The third-order valence-corrected chi connectivity index (χ3v) is 3.31. The number of methoxy groups -OCH3 is 3. The number of hydrogen-bond acceptors (Lipinski definition) is 6. The Bertz CT molecular complexity index is 634. The molecule has 1 aliphatic heterocycles. The van der Waals surface area contributed by atoms with Gasteiger partial charge in [0.2, 0.25) is 5.75 Å². The second kappa shape index (κ2) is 6.42. The van der Waals surface area contributed by atoms with Gasteiger partial charge < -0.3 is 24.6 Å². The fraction of sp³-hybridized carbons (Fsp3) is 0.357. The van der Waals surface area contributed by atoms with Crippen LogP contribution in [0.4, 0.5) is 10.5 Å². The van der Waals surface area contributed by atoms with E-state index >= 15 is 0 Å². The number of urea groups is 1. The van der Waals surface area contributed by atoms with E-state index in [-0.39, 0.29) is 17.2 Å². The van der Waals surface area contributed by atoms with Crippen molar-refractivity contribution in [2.75, 3.05) is 26.2 Å². The molecule has 1 heterocycles. The van der Waals surface area contributed by atoms with Gasteiger partial charge in [0, 0.05) is 12.1 Å². The van der Waals surface area contributed by atoms with Crippen molar-refractivity contribution in [2.24, 2.45) is 0 Å². The maximum Gasteiger partial charge on any atom is 0.329 e. The normalized spacial score (nSPS) is 17.0. The molecule has 0 radical (unpaired) electrons. The molecular formula is C14H16N2O7. The summed E-state index contributed by atoms with van der Waals surface area (Å²) in [6.07, 6.45) is -0.495. The molecule has 1 aromatic carbocycles. The summed E-state index contributed by atoms with van der Waals surface area (Å²) in [5.74, 6) is -0.997. The second-order valence-electron chi connectivity index (χ2n) is 4.66. The van der Waals surface area contributed by atoms with E-state index in [9.17, 15) is 14.4 Å². The Morgan fingerprint density at radius 1 is 1.17 bits per heavy atom. The minimum atomic E-state index is -1.18. The maximum absolute atomic E-state index is 12.3. The van der Waals surface area contributed by atoms with Crippen molar-refractivity contribution in [3.63, 3.8) is 0 Å². The van der Waals surface area contributed by atoms with Crippen LogP contribution in [0.2, 0.25) is 0 Å². The highest BCUT2D eigenvalue weighted by Gasteiger charge is 2.40. The van der Waals surface area contributed by atoms with Gasteiger partial charge in [0.15, 0.2) is 11.5 Å². The van der Waals surface area contributed by atoms with Crippen LogP contribution in [0, 0.1) is 0 Å². The molecule has 0 spiro atoms. The molecule has 0 aliphatic carbocycles. The zero-order chi connectivity index (χ0) is 17.1. The van der Waals surface area contributed by atoms with Gasteiger partial charge in [-0.25, -0.2) is 9.69 Å². The number of carboxylic acids is 1. The number of carboxylic acid groups (broad SMARTS) is 1. The first-order valence-electron chi connectivity index (χ1n) is 6.59. The molecule has 2 N–H and O–H groups in total. The summed E-state index contributed by atoms with van der Waals surface area (Å²) < 4.78 is 15.5. The highest BCUT2D eigenvalue weighted by atomic mass is 16.5. The molecular weight excluding hydrogens is 308 g/mol. The number of aliphatic carboxylic acids is 1. The number of ether oxygens (including phenoxy) is 3. The van der Waals surface area contributed by atoms with Crippen molar-refractivity contribution in [3.05, 3.63) is 12.1 Å². The summed E-state index contributed by atoms with van der Waals surface area (Å²) in [6, 6.07) is 1.04. The summed E-state index contributed by atoms with van der Waals surface area (Å²) in [4.78, 5) is 35.9. The van der Waals surface area contributed by atoms with Gasteiger partial charge in [0.25, 0.3) is 5.91 Å². The summed E-state index contributed by atoms with van der Waals surface area (Å²) in [5.41, 5.74) is 0.190. The molecule has 0 bridgehead atoms. The van der Waals surface area contributed by atoms with Crippen molar-refractivity contribution >= 4 is 23.6 Å². The van der Waals surface area contributed by atoms with Crippen LogP contribution < -0.4 is 24.4 Å². The van der Waals surface area contributed by atoms with Gasteiger partial charge in [0.1, 0.15) is 6.04 Å². The summed E-state index contributed by atoms with van der Waals surface area (Å²) in [7, 11) is 4.23. The molecule has 9 nitrogen and oxygen atoms in total. The highest BCUT2D eigenvalue weighted by molar-refractivity contribution is 6.22. The lowest BCUT2D eigenvalue weighted by Gasteiger charge is -2.18. The Balaban J connectivity index is 2.43. The maximum atomic E-state index is 12.3. The number of rotatable bonds is 6. The number of anilines is 1. The molecule has 1 saturated heterocycles. The van der Waals surface area contributed by atoms with Crippen LogP contribution in [0.25, 0.3) is 0 Å². The Labute approximate surface area is 131 Å². The van der Waals surface area contributed by atoms with E-state index in [1.54, 1.807) is 0 Å². The van der Waals surface area contributed by atoms with Crippen LogP contribution in [0.5, 0.6) is 17.2 Å². The fourth-order valence-corrected chi connectivity index (χ4v) is 2.29. The number of carbonyl (C=O) groups is 3. The monoisotopic (exact) mass is 324 g/mol. The van der Waals surface area contributed by atoms with Crippen molar-refractivity contribution < 1.29 is 33.7 Å². The number of hydrogen-bond donors (Lipinski definition) is 2. The molecule has 0 saturated carbocycles. The largest absolute Gasteiger partial charge is 0.493 e. The van der Waals surface area contributed by atoms with Crippen LogP contribution >= 0.6 is 0 Å². The molecule has 0 unspecified atom stereocenters. The zero-order valence-electron chi connectivity index (χ0n) is 12.8. The molecule has 1 atom stereocenters. The second-order valence-corrected chi connectivity index (χ2v) is 4.66. The molecule has 1 aromatic rings. The first kappa shape index (κ1) is 16.4. The number of carbonyl (C=O) groups excluding carboxylic acids is 2. The van der Waals surface area contributed by atoms with E-state index in [2.05, 4.69) is 5.32 Å². The topological polar surface area (TPSA) is 114 Å². The predicted molar refractivity (Wildman–Crippen MR) is 78.2 cm³/mol. The van der Waals surface area contributed by atoms with Crippen molar-refractivity contribution in [3.8, 4) is 17.2 Å². The molecule has 0 aromatic heterocycles. The van der Waals surface area contributed by atoms with E-state index in [4.69, 9.17) is 19.3 Å². The summed E-state index contributed by atoms with van der Waals surface area (Å²) in [5, 5.41) is 11.1. The molecule has 2 rings (SSSR count). The zero-order valence-corrected chi connectivity index (χ0v) is 12.8. The molecule has 3 amide bonds. The molecule has 23 heavy (non-hydrogen) atoms. The first-order valence-corrected chi connectivity index (χ1v) is 6.59. The lowest BCUT2D eigenvalue weighted by molar-refractivity contribution is -0.139. The lowest BCUT2D eigenvalue weighted by atomic mass is 10.2. The Morgan fingerprint density at radius 2 is 1.74 bits per heavy atom. The Morgan fingerprint density at radius 3 is 2.17 bits per heavy atom. The fourth-order valence-electron chi connectivity index (χ4n) is 2.29. The number of benzene rings is 1. The molecule has 9 heteroatoms.